The highest BCUT2D eigenvalue weighted by Gasteiger charge is 2.20. The van der Waals surface area contributed by atoms with E-state index in [0.717, 1.165) is 0 Å². The van der Waals surface area contributed by atoms with E-state index >= 15 is 0 Å². The standard InChI is InChI=1S/C54H36.C49H34.C42H28/c1-5-15-37(16-6-1)43-29-44(38-17-7-2-8-18-38)32-47(31-43)41-25-27-51-52-28-26-42(36-54(52)50-24-14-13-23-49(50)53(51)35-41)48-33-45(39-19-9-3-10-20-39)30-46(34-48)40-21-11-4-12-22-40;1-33-29-41(25-27-43(33)42-26-28-48-46-19-6-5-17-44(46)45-18-7-8-20-47(45)49(48)32-42)40-16-10-15-39(31-40)38-14-9-13-37(30-38)36-23-21-35(22-24-36)34-11-3-2-4-12-34;1-3-11-29(12-4-1)31-15-9-17-33(25-31)35-21-23-39-40-24-22-36(28-42(40)38-20-8-7-19-37(38)41(39)27-35)34-18-10-16-32(26-34)30-13-5-2-6-14-30/h1-36H;2-32H,1H3;1-28H. The normalized spacial score (nSPS) is 11.3. The molecule has 27 aromatic rings. The molecule has 0 spiro atoms. The van der Waals surface area contributed by atoms with E-state index in [1.165, 1.54) is 269 Å². The van der Waals surface area contributed by atoms with Crippen molar-refractivity contribution < 1.29 is 0 Å². The topological polar surface area (TPSA) is 0 Å². The molecule has 0 heteroatoms. The zero-order valence-corrected chi connectivity index (χ0v) is 80.3. The Bertz CT molecular complexity index is 9010. The molecule has 678 valence electrons. The molecule has 27 rings (SSSR count). The molecule has 0 aliphatic heterocycles. The van der Waals surface area contributed by atoms with Crippen LogP contribution in [0.2, 0.25) is 0 Å². The Labute approximate surface area is 846 Å². The van der Waals surface area contributed by atoms with Crippen LogP contribution in [-0.2, 0) is 0 Å². The molecule has 0 aromatic heterocycles. The summed E-state index contributed by atoms with van der Waals surface area (Å²) in [6, 6.07) is 210. The smallest absolute Gasteiger partial charge is 0.00928 e. The van der Waals surface area contributed by atoms with Crippen molar-refractivity contribution in [2.45, 2.75) is 6.92 Å². The molecule has 0 saturated heterocycles. The summed E-state index contributed by atoms with van der Waals surface area (Å²) >= 11 is 0. The van der Waals surface area contributed by atoms with Crippen LogP contribution >= 0.6 is 0 Å². The zero-order chi connectivity index (χ0) is 96.5. The minimum atomic E-state index is 1.21. The molecule has 0 aliphatic rings. The number of rotatable bonds is 15. The number of fused-ring (bicyclic) bond motifs is 18. The quantitative estimate of drug-likeness (QED) is 0.0898. The summed E-state index contributed by atoms with van der Waals surface area (Å²) in [5.74, 6) is 0. The van der Waals surface area contributed by atoms with Crippen LogP contribution in [0.25, 0.3) is 264 Å². The van der Waals surface area contributed by atoms with E-state index in [4.69, 9.17) is 0 Å². The maximum Gasteiger partial charge on any atom is -0.00928 e. The molecule has 0 fully saturated rings. The number of benzene rings is 27. The largest absolute Gasteiger partial charge is 0.0622 e. The van der Waals surface area contributed by atoms with Gasteiger partial charge in [-0.1, -0.05) is 485 Å². The fourth-order valence-electron chi connectivity index (χ4n) is 21.9. The molecule has 0 bridgehead atoms. The molecule has 0 nitrogen and oxygen atoms in total. The second-order valence-electron chi connectivity index (χ2n) is 38.1. The van der Waals surface area contributed by atoms with E-state index in [1.54, 1.807) is 0 Å². The predicted molar refractivity (Wildman–Crippen MR) is 623 cm³/mol. The Morgan fingerprint density at radius 2 is 0.207 bits per heavy atom. The highest BCUT2D eigenvalue weighted by Crippen LogP contribution is 2.47. The average Bonchev–Trinajstić information content (AvgIpc) is 0.736. The van der Waals surface area contributed by atoms with Gasteiger partial charge in [-0.25, -0.2) is 0 Å². The van der Waals surface area contributed by atoms with Crippen LogP contribution in [0.4, 0.5) is 0 Å². The Morgan fingerprint density at radius 1 is 0.0759 bits per heavy atom. The first-order valence-corrected chi connectivity index (χ1v) is 50.2. The van der Waals surface area contributed by atoms with Gasteiger partial charge in [-0.3, -0.25) is 0 Å². The molecule has 0 aliphatic carbocycles. The molecule has 0 heterocycles. The Hall–Kier alpha value is -18.7. The Morgan fingerprint density at radius 3 is 0.455 bits per heavy atom. The molecule has 0 radical (unpaired) electrons. The Kier molecular flexibility index (Phi) is 23.5. The third-order valence-corrected chi connectivity index (χ3v) is 29.2. The van der Waals surface area contributed by atoms with Crippen LogP contribution in [0, 0.1) is 6.92 Å². The first-order valence-electron chi connectivity index (χ1n) is 50.2. The van der Waals surface area contributed by atoms with E-state index in [9.17, 15) is 0 Å². The highest BCUT2D eigenvalue weighted by atomic mass is 14.2. The lowest BCUT2D eigenvalue weighted by Crippen LogP contribution is -1.89. The third-order valence-electron chi connectivity index (χ3n) is 29.2. The summed E-state index contributed by atoms with van der Waals surface area (Å²) in [7, 11) is 0. The van der Waals surface area contributed by atoms with E-state index < -0.39 is 0 Å². The summed E-state index contributed by atoms with van der Waals surface area (Å²) < 4.78 is 0. The first kappa shape index (κ1) is 87.8. The fraction of sp³-hybridized carbons (Fsp3) is 0.00690. The van der Waals surface area contributed by atoms with Gasteiger partial charge < -0.3 is 0 Å². The van der Waals surface area contributed by atoms with Gasteiger partial charge in [0.15, 0.2) is 0 Å². The average molecular weight is 1840 g/mol. The second kappa shape index (κ2) is 38.8. The fourth-order valence-corrected chi connectivity index (χ4v) is 21.9. The van der Waals surface area contributed by atoms with Gasteiger partial charge in [-0.15, -0.1) is 0 Å². The van der Waals surface area contributed by atoms with Gasteiger partial charge in [0.25, 0.3) is 0 Å². The monoisotopic (exact) mass is 1840 g/mol. The maximum absolute atomic E-state index is 2.40. The van der Waals surface area contributed by atoms with Gasteiger partial charge in [0.1, 0.15) is 0 Å². The molecule has 27 aromatic carbocycles. The maximum atomic E-state index is 2.40. The molecule has 0 N–H and O–H groups in total. The van der Waals surface area contributed by atoms with Gasteiger partial charge >= 0.3 is 0 Å². The van der Waals surface area contributed by atoms with E-state index in [0.29, 0.717) is 0 Å². The molecule has 145 heavy (non-hydrogen) atoms. The molecular formula is C145H98. The van der Waals surface area contributed by atoms with Crippen molar-refractivity contribution in [1.29, 1.82) is 0 Å². The number of hydrogen-bond acceptors (Lipinski definition) is 0. The summed E-state index contributed by atoms with van der Waals surface area (Å²) in [6.07, 6.45) is 0. The van der Waals surface area contributed by atoms with Crippen LogP contribution in [0.5, 0.6) is 0 Å². The van der Waals surface area contributed by atoms with Gasteiger partial charge in [-0.2, -0.15) is 0 Å². The van der Waals surface area contributed by atoms with Crippen molar-refractivity contribution in [3.8, 4) is 167 Å². The van der Waals surface area contributed by atoms with Crippen molar-refractivity contribution in [2.24, 2.45) is 0 Å². The van der Waals surface area contributed by atoms with Crippen molar-refractivity contribution >= 4 is 97.0 Å². The zero-order valence-electron chi connectivity index (χ0n) is 80.3. The summed E-state index contributed by atoms with van der Waals surface area (Å²) in [5, 5.41) is 23.2. The van der Waals surface area contributed by atoms with Crippen molar-refractivity contribution in [3.05, 3.63) is 582 Å². The lowest BCUT2D eigenvalue weighted by atomic mass is 9.88. The molecule has 0 unspecified atom stereocenters. The van der Waals surface area contributed by atoms with Crippen LogP contribution in [-0.4, -0.2) is 0 Å². The first-order chi connectivity index (χ1) is 71.8. The summed E-state index contributed by atoms with van der Waals surface area (Å²) in [4.78, 5) is 0. The Balaban J connectivity index is 0.000000115. The van der Waals surface area contributed by atoms with Crippen molar-refractivity contribution in [3.63, 3.8) is 0 Å². The van der Waals surface area contributed by atoms with E-state index in [-0.39, 0.29) is 0 Å². The lowest BCUT2D eigenvalue weighted by Gasteiger charge is -2.16. The highest BCUT2D eigenvalue weighted by molar-refractivity contribution is 6.29. The summed E-state index contributed by atoms with van der Waals surface area (Å²) in [6.45, 7) is 2.23. The van der Waals surface area contributed by atoms with Crippen molar-refractivity contribution in [1.82, 2.24) is 0 Å². The van der Waals surface area contributed by atoms with Crippen LogP contribution in [0.1, 0.15) is 5.56 Å². The van der Waals surface area contributed by atoms with Crippen LogP contribution in [0.15, 0.2) is 576 Å². The van der Waals surface area contributed by atoms with Gasteiger partial charge in [-0.05, 0) is 367 Å². The van der Waals surface area contributed by atoms with Gasteiger partial charge in [0.05, 0.1) is 0 Å². The summed E-state index contributed by atoms with van der Waals surface area (Å²) in [5.41, 5.74) is 38.1. The van der Waals surface area contributed by atoms with Gasteiger partial charge in [0, 0.05) is 0 Å². The molecular weight excluding hydrogens is 1740 g/mol. The molecule has 0 amide bonds. The minimum Gasteiger partial charge on any atom is -0.0622 e. The van der Waals surface area contributed by atoms with E-state index in [1.807, 2.05) is 0 Å². The van der Waals surface area contributed by atoms with Crippen LogP contribution < -0.4 is 0 Å². The molecule has 0 atom stereocenters. The van der Waals surface area contributed by atoms with Crippen LogP contribution in [0.3, 0.4) is 0 Å². The SMILES string of the molecule is Cc1cc(-c2cccc(-c3cccc(-c4ccc(-c5ccccc5)cc4)c3)c2)ccc1-c1ccc2c3ccccc3c3ccccc3c2c1.c1ccc(-c2cc(-c3ccccc3)cc(-c3ccc4c5ccc(-c6cc(-c7ccccc7)cc(-c7ccccc7)c6)cc5c5ccccc5c4c3)c2)cc1.c1ccc(-c2cccc(-c3ccc4c5ccc(-c6cccc(-c7ccccc7)c6)cc5c5ccccc5c4c3)c2)cc1. The van der Waals surface area contributed by atoms with Gasteiger partial charge in [0.2, 0.25) is 0 Å². The third kappa shape index (κ3) is 17.6. The van der Waals surface area contributed by atoms with E-state index in [2.05, 4.69) is 583 Å². The van der Waals surface area contributed by atoms with Crippen molar-refractivity contribution in [2.75, 3.05) is 0 Å². The second-order valence-corrected chi connectivity index (χ2v) is 38.1. The number of hydrogen-bond donors (Lipinski definition) is 0. The minimum absolute atomic E-state index is 1.21. The lowest BCUT2D eigenvalue weighted by molar-refractivity contribution is 1.46. The number of aryl methyl sites for hydroxylation is 1. The predicted octanol–water partition coefficient (Wildman–Crippen LogP) is 40.8. The molecule has 0 saturated carbocycles.